The predicted octanol–water partition coefficient (Wildman–Crippen LogP) is 3.09. The number of nitrogens with one attached hydrogen (secondary N) is 1. The van der Waals surface area contributed by atoms with Gasteiger partial charge in [0.15, 0.2) is 0 Å². The topological polar surface area (TPSA) is 65.1 Å². The lowest BCUT2D eigenvalue weighted by Gasteiger charge is -2.16. The van der Waals surface area contributed by atoms with E-state index in [0.29, 0.717) is 0 Å². The Morgan fingerprint density at radius 1 is 1.43 bits per heavy atom. The number of aromatic nitrogens is 3. The molecule has 0 saturated carbocycles. The summed E-state index contributed by atoms with van der Waals surface area (Å²) < 4.78 is 12.7. The van der Waals surface area contributed by atoms with E-state index in [1.165, 1.54) is 0 Å². The number of aryl methyl sites for hydroxylation is 3. The molecule has 0 aliphatic carbocycles. The van der Waals surface area contributed by atoms with E-state index in [1.54, 1.807) is 0 Å². The van der Waals surface area contributed by atoms with Crippen molar-refractivity contribution in [3.8, 4) is 0 Å². The number of hydrogen-bond acceptors (Lipinski definition) is 5. The number of rotatable bonds is 8. The van der Waals surface area contributed by atoms with Crippen LogP contribution in [0.15, 0.2) is 16.9 Å². The lowest BCUT2D eigenvalue weighted by atomic mass is 10.1. The molecule has 0 saturated heterocycles. The van der Waals surface area contributed by atoms with Crippen LogP contribution in [-0.2, 0) is 11.3 Å². The van der Waals surface area contributed by atoms with Crippen molar-refractivity contribution < 1.29 is 9.26 Å². The highest BCUT2D eigenvalue weighted by molar-refractivity contribution is 5.35. The fraction of sp³-hybridized carbons (Fsp3) is 0.600. The highest BCUT2D eigenvalue weighted by Gasteiger charge is 2.17. The maximum atomic E-state index is 5.37. The summed E-state index contributed by atoms with van der Waals surface area (Å²) in [5.74, 6) is 1.71. The molecule has 0 aliphatic rings. The van der Waals surface area contributed by atoms with Crippen molar-refractivity contribution in [2.75, 3.05) is 18.5 Å². The molecule has 0 amide bonds. The second kappa shape index (κ2) is 7.26. The molecule has 2 aromatic heterocycles. The Bertz CT molecular complexity index is 542. The van der Waals surface area contributed by atoms with Gasteiger partial charge in [-0.25, -0.2) is 4.98 Å². The molecule has 1 atom stereocenters. The Kier molecular flexibility index (Phi) is 5.38. The van der Waals surface area contributed by atoms with Gasteiger partial charge in [-0.2, -0.15) is 0 Å². The van der Waals surface area contributed by atoms with Gasteiger partial charge in [-0.1, -0.05) is 5.16 Å². The van der Waals surface area contributed by atoms with Gasteiger partial charge in [0.25, 0.3) is 0 Å². The summed E-state index contributed by atoms with van der Waals surface area (Å²) in [5, 5.41) is 7.43. The summed E-state index contributed by atoms with van der Waals surface area (Å²) in [6.07, 6.45) is 4.76. The maximum Gasteiger partial charge on any atom is 0.203 e. The molecule has 21 heavy (non-hydrogen) atoms. The van der Waals surface area contributed by atoms with E-state index in [9.17, 15) is 0 Å². The lowest BCUT2D eigenvalue weighted by molar-refractivity contribution is 0.142. The van der Waals surface area contributed by atoms with E-state index in [2.05, 4.69) is 26.9 Å². The predicted molar refractivity (Wildman–Crippen MR) is 81.4 cm³/mol. The first-order chi connectivity index (χ1) is 10.1. The minimum atomic E-state index is 0.101. The Morgan fingerprint density at radius 2 is 2.24 bits per heavy atom. The number of ether oxygens (including phenoxy) is 1. The number of nitrogens with zero attached hydrogens (tertiary/aromatic N) is 3. The molecule has 0 spiro atoms. The molecular formula is C15H24N4O2. The molecule has 0 fully saturated rings. The van der Waals surface area contributed by atoms with Gasteiger partial charge in [-0.15, -0.1) is 0 Å². The second-order valence-corrected chi connectivity index (χ2v) is 5.10. The van der Waals surface area contributed by atoms with Crippen LogP contribution in [0.3, 0.4) is 0 Å². The smallest absolute Gasteiger partial charge is 0.203 e. The van der Waals surface area contributed by atoms with Crippen LogP contribution < -0.4 is 5.32 Å². The largest absolute Gasteiger partial charge is 0.382 e. The minimum absolute atomic E-state index is 0.101. The van der Waals surface area contributed by atoms with Crippen molar-refractivity contribution in [3.05, 3.63) is 29.4 Å². The van der Waals surface area contributed by atoms with Gasteiger partial charge >= 0.3 is 0 Å². The average molecular weight is 292 g/mol. The monoisotopic (exact) mass is 292 g/mol. The van der Waals surface area contributed by atoms with Gasteiger partial charge in [0, 0.05) is 37.7 Å². The SMILES string of the molecule is CCOCCCn1ccnc1NC(C)c1c(C)noc1C. The van der Waals surface area contributed by atoms with Crippen LogP contribution in [0.5, 0.6) is 0 Å². The number of anilines is 1. The zero-order valence-electron chi connectivity index (χ0n) is 13.2. The number of imidazole rings is 1. The first-order valence-corrected chi connectivity index (χ1v) is 7.41. The molecule has 1 unspecified atom stereocenters. The summed E-state index contributed by atoms with van der Waals surface area (Å²) in [4.78, 5) is 4.38. The van der Waals surface area contributed by atoms with Crippen LogP contribution in [0.4, 0.5) is 5.95 Å². The van der Waals surface area contributed by atoms with Gasteiger partial charge < -0.3 is 19.1 Å². The van der Waals surface area contributed by atoms with Crippen LogP contribution in [-0.4, -0.2) is 27.9 Å². The van der Waals surface area contributed by atoms with Crippen LogP contribution in [0.1, 0.15) is 43.3 Å². The van der Waals surface area contributed by atoms with E-state index in [1.807, 2.05) is 33.2 Å². The molecule has 2 heterocycles. The second-order valence-electron chi connectivity index (χ2n) is 5.10. The van der Waals surface area contributed by atoms with Gasteiger partial charge in [0.1, 0.15) is 5.76 Å². The molecule has 2 rings (SSSR count). The maximum absolute atomic E-state index is 5.37. The van der Waals surface area contributed by atoms with Gasteiger partial charge in [0.05, 0.1) is 11.7 Å². The standard InChI is InChI=1S/C15H24N4O2/c1-5-20-10-6-8-19-9-7-16-15(19)17-11(2)14-12(3)18-21-13(14)4/h7,9,11H,5-6,8,10H2,1-4H3,(H,16,17). The molecular weight excluding hydrogens is 268 g/mol. The first kappa shape index (κ1) is 15.6. The van der Waals surface area contributed by atoms with E-state index in [-0.39, 0.29) is 6.04 Å². The Hall–Kier alpha value is -1.82. The van der Waals surface area contributed by atoms with Crippen LogP contribution in [0.25, 0.3) is 0 Å². The van der Waals surface area contributed by atoms with Crippen molar-refractivity contribution in [2.45, 2.75) is 46.7 Å². The molecule has 0 bridgehead atoms. The Balaban J connectivity index is 1.98. The minimum Gasteiger partial charge on any atom is -0.382 e. The summed E-state index contributed by atoms with van der Waals surface area (Å²) in [6.45, 7) is 10.4. The van der Waals surface area contributed by atoms with Crippen LogP contribution in [0, 0.1) is 13.8 Å². The van der Waals surface area contributed by atoms with Crippen molar-refractivity contribution in [3.63, 3.8) is 0 Å². The highest BCUT2D eigenvalue weighted by Crippen LogP contribution is 2.24. The van der Waals surface area contributed by atoms with Crippen LogP contribution in [0.2, 0.25) is 0 Å². The van der Waals surface area contributed by atoms with Crippen molar-refractivity contribution >= 4 is 5.95 Å². The third-order valence-electron chi connectivity index (χ3n) is 3.47. The Morgan fingerprint density at radius 3 is 2.90 bits per heavy atom. The van der Waals surface area contributed by atoms with Crippen LogP contribution >= 0.6 is 0 Å². The molecule has 1 N–H and O–H groups in total. The molecule has 6 heteroatoms. The molecule has 2 aromatic rings. The fourth-order valence-corrected chi connectivity index (χ4v) is 2.49. The average Bonchev–Trinajstić information content (AvgIpc) is 3.02. The fourth-order valence-electron chi connectivity index (χ4n) is 2.49. The quantitative estimate of drug-likeness (QED) is 0.757. The molecule has 0 aliphatic heterocycles. The zero-order chi connectivity index (χ0) is 15.2. The number of hydrogen-bond donors (Lipinski definition) is 1. The summed E-state index contributed by atoms with van der Waals surface area (Å²) in [5.41, 5.74) is 2.01. The van der Waals surface area contributed by atoms with Crippen molar-refractivity contribution in [1.29, 1.82) is 0 Å². The van der Waals surface area contributed by atoms with E-state index in [0.717, 1.165) is 49.1 Å². The van der Waals surface area contributed by atoms with E-state index < -0.39 is 0 Å². The van der Waals surface area contributed by atoms with Gasteiger partial charge in [-0.05, 0) is 34.1 Å². The zero-order valence-corrected chi connectivity index (χ0v) is 13.2. The van der Waals surface area contributed by atoms with Crippen molar-refractivity contribution in [2.24, 2.45) is 0 Å². The molecule has 0 aromatic carbocycles. The highest BCUT2D eigenvalue weighted by atomic mass is 16.5. The van der Waals surface area contributed by atoms with E-state index >= 15 is 0 Å². The summed E-state index contributed by atoms with van der Waals surface area (Å²) in [6, 6.07) is 0.101. The third kappa shape index (κ3) is 3.85. The molecule has 116 valence electrons. The molecule has 6 nitrogen and oxygen atoms in total. The molecule has 0 radical (unpaired) electrons. The summed E-state index contributed by atoms with van der Waals surface area (Å²) >= 11 is 0. The summed E-state index contributed by atoms with van der Waals surface area (Å²) in [7, 11) is 0. The van der Waals surface area contributed by atoms with E-state index in [4.69, 9.17) is 9.26 Å². The lowest BCUT2D eigenvalue weighted by Crippen LogP contribution is -2.13. The third-order valence-corrected chi connectivity index (χ3v) is 3.47. The Labute approximate surface area is 125 Å². The van der Waals surface area contributed by atoms with Gasteiger partial charge in [0.2, 0.25) is 5.95 Å². The normalized spacial score (nSPS) is 12.6. The van der Waals surface area contributed by atoms with Crippen molar-refractivity contribution in [1.82, 2.24) is 14.7 Å². The van der Waals surface area contributed by atoms with Gasteiger partial charge in [-0.3, -0.25) is 0 Å². The first-order valence-electron chi connectivity index (χ1n) is 7.41.